The highest BCUT2D eigenvalue weighted by atomic mass is 35.5. The van der Waals surface area contributed by atoms with E-state index in [-0.39, 0.29) is 24.1 Å². The van der Waals surface area contributed by atoms with Crippen LogP contribution in [-0.2, 0) is 11.2 Å². The van der Waals surface area contributed by atoms with Crippen LogP contribution in [0.4, 0.5) is 9.52 Å². The molecule has 2 N–H and O–H groups in total. The first-order valence-electron chi connectivity index (χ1n) is 6.73. The Hall–Kier alpha value is -1.50. The van der Waals surface area contributed by atoms with Gasteiger partial charge in [0.1, 0.15) is 5.82 Å². The molecule has 0 spiro atoms. The molecule has 1 heterocycles. The average Bonchev–Trinajstić information content (AvgIpc) is 2.76. The first-order valence-corrected chi connectivity index (χ1v) is 7.55. The maximum absolute atomic E-state index is 13.2. The molecule has 1 aromatic heterocycles. The number of hydrogen-bond acceptors (Lipinski definition) is 4. The maximum Gasteiger partial charge on any atom is 0.227 e. The van der Waals surface area contributed by atoms with E-state index in [0.29, 0.717) is 24.5 Å². The number of aryl methyl sites for hydroxylation is 1. The summed E-state index contributed by atoms with van der Waals surface area (Å²) in [4.78, 5) is 17.0. The summed E-state index contributed by atoms with van der Waals surface area (Å²) in [5.74, 6) is -0.300. The molecule has 7 heteroatoms. The smallest absolute Gasteiger partial charge is 0.227 e. The van der Waals surface area contributed by atoms with Crippen LogP contribution in [0.2, 0.25) is 0 Å². The monoisotopic (exact) mass is 343 g/mol. The third kappa shape index (κ3) is 5.36. The van der Waals surface area contributed by atoms with Crippen molar-refractivity contribution in [2.45, 2.75) is 19.8 Å². The summed E-state index contributed by atoms with van der Waals surface area (Å²) in [7, 11) is 1.80. The second kappa shape index (κ2) is 8.82. The SMILES string of the molecule is CNCCC(=O)Nc1nc(C)c(Cc2cccc(F)c2)s1.Cl. The molecule has 4 nitrogen and oxygen atoms in total. The van der Waals surface area contributed by atoms with Crippen LogP contribution in [0.5, 0.6) is 0 Å². The van der Waals surface area contributed by atoms with Crippen molar-refractivity contribution in [1.29, 1.82) is 0 Å². The van der Waals surface area contributed by atoms with Crippen LogP contribution < -0.4 is 10.6 Å². The van der Waals surface area contributed by atoms with E-state index in [9.17, 15) is 9.18 Å². The van der Waals surface area contributed by atoms with Crippen molar-refractivity contribution in [2.24, 2.45) is 0 Å². The van der Waals surface area contributed by atoms with E-state index in [1.54, 1.807) is 13.1 Å². The molecule has 1 aromatic carbocycles. The fourth-order valence-electron chi connectivity index (χ4n) is 1.90. The van der Waals surface area contributed by atoms with Crippen molar-refractivity contribution in [3.8, 4) is 0 Å². The van der Waals surface area contributed by atoms with Crippen molar-refractivity contribution in [3.05, 3.63) is 46.2 Å². The first kappa shape index (κ1) is 18.5. The molecule has 1 amide bonds. The van der Waals surface area contributed by atoms with E-state index in [1.807, 2.05) is 13.0 Å². The van der Waals surface area contributed by atoms with Gasteiger partial charge in [0.2, 0.25) is 5.91 Å². The van der Waals surface area contributed by atoms with Crippen LogP contribution in [0.15, 0.2) is 24.3 Å². The molecule has 0 aliphatic rings. The van der Waals surface area contributed by atoms with Gasteiger partial charge in [-0.05, 0) is 31.7 Å². The van der Waals surface area contributed by atoms with E-state index >= 15 is 0 Å². The second-order valence-electron chi connectivity index (χ2n) is 4.74. The van der Waals surface area contributed by atoms with Crippen LogP contribution in [0.25, 0.3) is 0 Å². The molecule has 22 heavy (non-hydrogen) atoms. The number of rotatable bonds is 6. The molecule has 0 bridgehead atoms. The summed E-state index contributed by atoms with van der Waals surface area (Å²) < 4.78 is 13.2. The van der Waals surface area contributed by atoms with E-state index in [1.165, 1.54) is 23.5 Å². The number of halogens is 2. The van der Waals surface area contributed by atoms with Crippen LogP contribution in [0, 0.1) is 12.7 Å². The van der Waals surface area contributed by atoms with Crippen LogP contribution in [0.1, 0.15) is 22.6 Å². The Morgan fingerprint density at radius 3 is 2.86 bits per heavy atom. The normalized spacial score (nSPS) is 10.1. The van der Waals surface area contributed by atoms with Gasteiger partial charge in [-0.2, -0.15) is 0 Å². The van der Waals surface area contributed by atoms with E-state index in [2.05, 4.69) is 15.6 Å². The lowest BCUT2D eigenvalue weighted by atomic mass is 10.1. The highest BCUT2D eigenvalue weighted by Gasteiger charge is 2.11. The Morgan fingerprint density at radius 2 is 2.18 bits per heavy atom. The zero-order valence-electron chi connectivity index (χ0n) is 12.5. The summed E-state index contributed by atoms with van der Waals surface area (Å²) >= 11 is 1.44. The molecule has 0 aliphatic carbocycles. The fourth-order valence-corrected chi connectivity index (χ4v) is 2.91. The average molecular weight is 344 g/mol. The Labute approximate surface area is 139 Å². The summed E-state index contributed by atoms with van der Waals surface area (Å²) in [6, 6.07) is 6.52. The molecule has 120 valence electrons. The van der Waals surface area contributed by atoms with Gasteiger partial charge in [-0.15, -0.1) is 23.7 Å². The van der Waals surface area contributed by atoms with Gasteiger partial charge in [-0.3, -0.25) is 4.79 Å². The molecular formula is C15H19ClFN3OS. The largest absolute Gasteiger partial charge is 0.319 e. The number of thiazole rings is 1. The summed E-state index contributed by atoms with van der Waals surface area (Å²) in [6.07, 6.45) is 1.03. The third-order valence-electron chi connectivity index (χ3n) is 2.99. The van der Waals surface area contributed by atoms with Gasteiger partial charge in [0.05, 0.1) is 5.69 Å². The number of carbonyl (C=O) groups excluding carboxylic acids is 1. The number of amides is 1. The number of carbonyl (C=O) groups is 1. The summed E-state index contributed by atoms with van der Waals surface area (Å²) in [5, 5.41) is 6.31. The lowest BCUT2D eigenvalue weighted by Crippen LogP contribution is -2.18. The fraction of sp³-hybridized carbons (Fsp3) is 0.333. The van der Waals surface area contributed by atoms with Gasteiger partial charge in [-0.25, -0.2) is 9.37 Å². The lowest BCUT2D eigenvalue weighted by Gasteiger charge is -2.00. The van der Waals surface area contributed by atoms with Gasteiger partial charge in [0.15, 0.2) is 5.13 Å². The molecule has 0 aliphatic heterocycles. The molecule has 2 rings (SSSR count). The van der Waals surface area contributed by atoms with Crippen molar-refractivity contribution in [2.75, 3.05) is 18.9 Å². The first-order chi connectivity index (χ1) is 10.1. The standard InChI is InChI=1S/C15H18FN3OS.ClH/c1-10-13(9-11-4-3-5-12(16)8-11)21-15(18-10)19-14(20)6-7-17-2;/h3-5,8,17H,6-7,9H2,1-2H3,(H,18,19,20);1H. The highest BCUT2D eigenvalue weighted by Crippen LogP contribution is 2.25. The quantitative estimate of drug-likeness (QED) is 0.847. The molecular weight excluding hydrogens is 325 g/mol. The maximum atomic E-state index is 13.2. The number of aromatic nitrogens is 1. The number of nitrogens with one attached hydrogen (secondary N) is 2. The van der Waals surface area contributed by atoms with E-state index < -0.39 is 0 Å². The summed E-state index contributed by atoms with van der Waals surface area (Å²) in [6.45, 7) is 2.53. The minimum absolute atomic E-state index is 0. The van der Waals surface area contributed by atoms with Gasteiger partial charge in [0.25, 0.3) is 0 Å². The Bertz CT molecular complexity index is 633. The Balaban J connectivity index is 0.00000242. The van der Waals surface area contributed by atoms with Crippen molar-refractivity contribution in [3.63, 3.8) is 0 Å². The third-order valence-corrected chi connectivity index (χ3v) is 4.07. The number of hydrogen-bond donors (Lipinski definition) is 2. The molecule has 0 fully saturated rings. The van der Waals surface area contributed by atoms with Crippen molar-refractivity contribution in [1.82, 2.24) is 10.3 Å². The van der Waals surface area contributed by atoms with Crippen molar-refractivity contribution < 1.29 is 9.18 Å². The van der Waals surface area contributed by atoms with Crippen LogP contribution >= 0.6 is 23.7 Å². The van der Waals surface area contributed by atoms with Gasteiger partial charge in [-0.1, -0.05) is 12.1 Å². The lowest BCUT2D eigenvalue weighted by molar-refractivity contribution is -0.116. The highest BCUT2D eigenvalue weighted by molar-refractivity contribution is 7.15. The van der Waals surface area contributed by atoms with Gasteiger partial charge >= 0.3 is 0 Å². The molecule has 2 aromatic rings. The van der Waals surface area contributed by atoms with Crippen molar-refractivity contribution >= 4 is 34.8 Å². The molecule has 0 saturated carbocycles. The van der Waals surface area contributed by atoms with E-state index in [4.69, 9.17) is 0 Å². The molecule has 0 atom stereocenters. The zero-order valence-corrected chi connectivity index (χ0v) is 14.1. The van der Waals surface area contributed by atoms with E-state index in [0.717, 1.165) is 16.1 Å². The Morgan fingerprint density at radius 1 is 1.41 bits per heavy atom. The van der Waals surface area contributed by atoms with Crippen LogP contribution in [0.3, 0.4) is 0 Å². The molecule has 0 unspecified atom stereocenters. The minimum Gasteiger partial charge on any atom is -0.319 e. The minimum atomic E-state index is -0.240. The molecule has 0 radical (unpaired) electrons. The molecule has 0 saturated heterocycles. The number of benzene rings is 1. The van der Waals surface area contributed by atoms with Gasteiger partial charge in [0, 0.05) is 24.3 Å². The Kier molecular flexibility index (Phi) is 7.44. The number of nitrogens with zero attached hydrogens (tertiary/aromatic N) is 1. The van der Waals surface area contributed by atoms with Crippen LogP contribution in [-0.4, -0.2) is 24.5 Å². The zero-order chi connectivity index (χ0) is 15.2. The summed E-state index contributed by atoms with van der Waals surface area (Å²) in [5.41, 5.74) is 1.77. The number of anilines is 1. The predicted molar refractivity (Wildman–Crippen MR) is 90.5 cm³/mol. The van der Waals surface area contributed by atoms with Gasteiger partial charge < -0.3 is 10.6 Å². The predicted octanol–water partition coefficient (Wildman–Crippen LogP) is 3.15. The second-order valence-corrected chi connectivity index (χ2v) is 5.82. The topological polar surface area (TPSA) is 54.0 Å².